The lowest BCUT2D eigenvalue weighted by atomic mass is 10.0. The van der Waals surface area contributed by atoms with E-state index in [-0.39, 0.29) is 17.3 Å². The molecule has 142 valence electrons. The van der Waals surface area contributed by atoms with E-state index in [0.717, 1.165) is 31.9 Å². The van der Waals surface area contributed by atoms with Gasteiger partial charge in [-0.05, 0) is 30.3 Å². The van der Waals surface area contributed by atoms with Crippen molar-refractivity contribution < 1.29 is 9.18 Å². The van der Waals surface area contributed by atoms with E-state index in [1.54, 1.807) is 11.9 Å². The average molecular weight is 371 g/mol. The lowest BCUT2D eigenvalue weighted by Gasteiger charge is -2.48. The third kappa shape index (κ3) is 3.57. The zero-order chi connectivity index (χ0) is 19.0. The van der Waals surface area contributed by atoms with Gasteiger partial charge in [0.2, 0.25) is 0 Å². The second-order valence-electron chi connectivity index (χ2n) is 7.04. The van der Waals surface area contributed by atoms with Crippen LogP contribution in [0.15, 0.2) is 41.2 Å². The van der Waals surface area contributed by atoms with Gasteiger partial charge in [0, 0.05) is 64.1 Å². The predicted molar refractivity (Wildman–Crippen MR) is 99.4 cm³/mol. The monoisotopic (exact) mass is 371 g/mol. The van der Waals surface area contributed by atoms with Crippen LogP contribution in [0.5, 0.6) is 0 Å². The van der Waals surface area contributed by atoms with Crippen LogP contribution in [0.2, 0.25) is 0 Å². The number of aryl methyl sites for hydroxylation is 1. The summed E-state index contributed by atoms with van der Waals surface area (Å²) in [6, 6.07) is 9.82. The minimum Gasteiger partial charge on any atom is -0.369 e. The smallest absolute Gasteiger partial charge is 0.274 e. The van der Waals surface area contributed by atoms with Gasteiger partial charge in [-0.15, -0.1) is 0 Å². The Kier molecular flexibility index (Phi) is 4.65. The van der Waals surface area contributed by atoms with Crippen molar-refractivity contribution in [2.45, 2.75) is 6.04 Å². The maximum Gasteiger partial charge on any atom is 0.274 e. The van der Waals surface area contributed by atoms with Crippen molar-refractivity contribution in [2.75, 3.05) is 44.2 Å². The molecule has 0 radical (unpaired) electrons. The second kappa shape index (κ2) is 7.11. The molecule has 3 heterocycles. The number of likely N-dealkylation sites (tertiary alicyclic amines) is 1. The van der Waals surface area contributed by atoms with Gasteiger partial charge in [-0.3, -0.25) is 14.5 Å². The molecular weight excluding hydrogens is 349 g/mol. The molecule has 27 heavy (non-hydrogen) atoms. The van der Waals surface area contributed by atoms with E-state index >= 15 is 0 Å². The standard InChI is InChI=1S/C19H22FN5O2/c1-22-18(26)7-6-17(21-22)19(27)25-12-16(13-25)24-10-8-23(9-11-24)15-4-2-14(20)3-5-15/h2-7,16H,8-13H2,1H3. The Balaban J connectivity index is 1.29. The summed E-state index contributed by atoms with van der Waals surface area (Å²) in [5.74, 6) is -0.351. The van der Waals surface area contributed by atoms with E-state index < -0.39 is 0 Å². The van der Waals surface area contributed by atoms with Crippen molar-refractivity contribution >= 4 is 11.6 Å². The molecule has 0 unspecified atom stereocenters. The Hall–Kier alpha value is -2.74. The molecule has 0 aliphatic carbocycles. The Bertz CT molecular complexity index is 884. The summed E-state index contributed by atoms with van der Waals surface area (Å²) >= 11 is 0. The molecule has 1 aromatic heterocycles. The number of hydrogen-bond acceptors (Lipinski definition) is 5. The first-order valence-corrected chi connectivity index (χ1v) is 9.09. The summed E-state index contributed by atoms with van der Waals surface area (Å²) < 4.78 is 14.2. The van der Waals surface area contributed by atoms with Gasteiger partial charge in [-0.25, -0.2) is 9.07 Å². The fourth-order valence-corrected chi connectivity index (χ4v) is 3.63. The molecule has 7 nitrogen and oxygen atoms in total. The van der Waals surface area contributed by atoms with Crippen molar-refractivity contribution in [1.82, 2.24) is 19.6 Å². The van der Waals surface area contributed by atoms with Crippen molar-refractivity contribution in [3.05, 3.63) is 58.3 Å². The lowest BCUT2D eigenvalue weighted by Crippen LogP contribution is -2.64. The van der Waals surface area contributed by atoms with Crippen LogP contribution in [0.3, 0.4) is 0 Å². The molecule has 2 fully saturated rings. The topological polar surface area (TPSA) is 61.7 Å². The van der Waals surface area contributed by atoms with E-state index in [9.17, 15) is 14.0 Å². The number of halogens is 1. The molecular formula is C19H22FN5O2. The molecule has 0 atom stereocenters. The van der Waals surface area contributed by atoms with Gasteiger partial charge in [-0.1, -0.05) is 0 Å². The number of nitrogens with zero attached hydrogens (tertiary/aromatic N) is 5. The Labute approximate surface area is 156 Å². The summed E-state index contributed by atoms with van der Waals surface area (Å²) in [5.41, 5.74) is 1.12. The normalized spacial score (nSPS) is 18.4. The molecule has 2 aliphatic heterocycles. The summed E-state index contributed by atoms with van der Waals surface area (Å²) in [7, 11) is 1.54. The fourth-order valence-electron chi connectivity index (χ4n) is 3.63. The minimum absolute atomic E-state index is 0.133. The van der Waals surface area contributed by atoms with Gasteiger partial charge < -0.3 is 9.80 Å². The van der Waals surface area contributed by atoms with Crippen LogP contribution in [0.4, 0.5) is 10.1 Å². The highest BCUT2D eigenvalue weighted by Crippen LogP contribution is 2.21. The molecule has 2 saturated heterocycles. The highest BCUT2D eigenvalue weighted by Gasteiger charge is 2.36. The first kappa shape index (κ1) is 17.7. The van der Waals surface area contributed by atoms with Crippen molar-refractivity contribution in [3.63, 3.8) is 0 Å². The Morgan fingerprint density at radius 2 is 1.70 bits per heavy atom. The third-order valence-corrected chi connectivity index (χ3v) is 5.35. The first-order valence-electron chi connectivity index (χ1n) is 9.09. The minimum atomic E-state index is -0.230. The van der Waals surface area contributed by atoms with E-state index in [2.05, 4.69) is 14.9 Å². The highest BCUT2D eigenvalue weighted by molar-refractivity contribution is 5.92. The van der Waals surface area contributed by atoms with E-state index in [0.29, 0.717) is 24.8 Å². The molecule has 2 aromatic rings. The van der Waals surface area contributed by atoms with Gasteiger partial charge >= 0.3 is 0 Å². The number of piperazine rings is 1. The zero-order valence-electron chi connectivity index (χ0n) is 15.2. The maximum atomic E-state index is 13.1. The van der Waals surface area contributed by atoms with E-state index in [4.69, 9.17) is 0 Å². The summed E-state index contributed by atoms with van der Waals surface area (Å²) in [6.45, 7) is 4.97. The third-order valence-electron chi connectivity index (χ3n) is 5.35. The van der Waals surface area contributed by atoms with Gasteiger partial charge in [0.05, 0.1) is 0 Å². The van der Waals surface area contributed by atoms with Crippen LogP contribution in [0, 0.1) is 5.82 Å². The summed E-state index contributed by atoms with van der Waals surface area (Å²) in [4.78, 5) is 30.3. The van der Waals surface area contributed by atoms with Crippen LogP contribution in [0.25, 0.3) is 0 Å². The SMILES string of the molecule is Cn1nc(C(=O)N2CC(N3CCN(c4ccc(F)cc4)CC3)C2)ccc1=O. The van der Waals surface area contributed by atoms with Gasteiger partial charge in [0.1, 0.15) is 11.5 Å². The Morgan fingerprint density at radius 1 is 1.04 bits per heavy atom. The molecule has 1 aromatic carbocycles. The van der Waals surface area contributed by atoms with Crippen molar-refractivity contribution in [3.8, 4) is 0 Å². The highest BCUT2D eigenvalue weighted by atomic mass is 19.1. The van der Waals surface area contributed by atoms with Gasteiger partial charge in [0.25, 0.3) is 11.5 Å². The first-order chi connectivity index (χ1) is 13.0. The van der Waals surface area contributed by atoms with Gasteiger partial charge in [-0.2, -0.15) is 5.10 Å². The largest absolute Gasteiger partial charge is 0.369 e. The number of anilines is 1. The quantitative estimate of drug-likeness (QED) is 0.789. The Morgan fingerprint density at radius 3 is 2.33 bits per heavy atom. The summed E-state index contributed by atoms with van der Waals surface area (Å²) in [6.07, 6.45) is 0. The predicted octanol–water partition coefficient (Wildman–Crippen LogP) is 0.566. The molecule has 4 rings (SSSR count). The maximum absolute atomic E-state index is 13.1. The molecule has 0 bridgehead atoms. The van der Waals surface area contributed by atoms with Crippen LogP contribution in [-0.2, 0) is 7.05 Å². The summed E-state index contributed by atoms with van der Waals surface area (Å²) in [5, 5.41) is 4.03. The average Bonchev–Trinajstić information content (AvgIpc) is 2.64. The lowest BCUT2D eigenvalue weighted by molar-refractivity contribution is 0.0240. The molecule has 0 spiro atoms. The number of aromatic nitrogens is 2. The molecule has 2 aliphatic rings. The van der Waals surface area contributed by atoms with E-state index in [1.165, 1.54) is 28.9 Å². The van der Waals surface area contributed by atoms with Crippen molar-refractivity contribution in [2.24, 2.45) is 7.05 Å². The van der Waals surface area contributed by atoms with Crippen LogP contribution in [-0.4, -0.2) is 70.8 Å². The zero-order valence-corrected chi connectivity index (χ0v) is 15.2. The van der Waals surface area contributed by atoms with Crippen molar-refractivity contribution in [1.29, 1.82) is 0 Å². The molecule has 0 N–H and O–H groups in total. The molecule has 1 amide bonds. The second-order valence-corrected chi connectivity index (χ2v) is 7.04. The number of carbonyl (C=O) groups excluding carboxylic acids is 1. The van der Waals surface area contributed by atoms with Crippen LogP contribution < -0.4 is 10.5 Å². The molecule has 8 heteroatoms. The van der Waals surface area contributed by atoms with Gasteiger partial charge in [0.15, 0.2) is 0 Å². The molecule has 0 saturated carbocycles. The van der Waals surface area contributed by atoms with Crippen LogP contribution >= 0.6 is 0 Å². The van der Waals surface area contributed by atoms with Crippen LogP contribution in [0.1, 0.15) is 10.5 Å². The number of carbonyl (C=O) groups is 1. The van der Waals surface area contributed by atoms with E-state index in [1.807, 2.05) is 12.1 Å². The number of amides is 1. The number of rotatable bonds is 3. The fraction of sp³-hybridized carbons (Fsp3) is 0.421. The number of hydrogen-bond donors (Lipinski definition) is 0. The number of benzene rings is 1.